The lowest BCUT2D eigenvalue weighted by Crippen LogP contribution is -2.56. The molecule has 3 aromatic rings. The fourth-order valence-corrected chi connectivity index (χ4v) is 4.32. The van der Waals surface area contributed by atoms with Crippen molar-refractivity contribution in [2.24, 2.45) is 5.92 Å². The first kappa shape index (κ1) is 30.0. The lowest BCUT2D eigenvalue weighted by Gasteiger charge is -2.31. The summed E-state index contributed by atoms with van der Waals surface area (Å²) in [6.45, 7) is 11.0. The smallest absolute Gasteiger partial charge is 0.243 e. The first-order chi connectivity index (χ1) is 18.5. The highest BCUT2D eigenvalue weighted by molar-refractivity contribution is 5.90. The lowest BCUT2D eigenvalue weighted by atomic mass is 9.99. The molecule has 0 aliphatic heterocycles. The van der Waals surface area contributed by atoms with Crippen LogP contribution in [0.1, 0.15) is 57.9 Å². The summed E-state index contributed by atoms with van der Waals surface area (Å²) < 4.78 is 11.4. The van der Waals surface area contributed by atoms with E-state index in [4.69, 9.17) is 9.15 Å². The van der Waals surface area contributed by atoms with Crippen molar-refractivity contribution in [3.8, 4) is 5.75 Å². The number of nitrogens with zero attached hydrogens (tertiary/aromatic N) is 1. The maximum absolute atomic E-state index is 13.6. The van der Waals surface area contributed by atoms with Gasteiger partial charge in [0.15, 0.2) is 0 Å². The number of nitrogens with one attached hydrogen (secondary N) is 2. The van der Waals surface area contributed by atoms with Gasteiger partial charge in [0.25, 0.3) is 0 Å². The van der Waals surface area contributed by atoms with Crippen LogP contribution in [-0.4, -0.2) is 41.4 Å². The predicted molar refractivity (Wildman–Crippen MR) is 154 cm³/mol. The number of likely N-dealkylation sites (N-methyl/N-ethyl adjacent to an activating group) is 1. The highest BCUT2D eigenvalue weighted by Gasteiger charge is 2.30. The number of rotatable bonds is 13. The van der Waals surface area contributed by atoms with E-state index in [1.807, 2.05) is 99.4 Å². The zero-order valence-electron chi connectivity index (χ0n) is 24.1. The fourth-order valence-electron chi connectivity index (χ4n) is 4.32. The maximum Gasteiger partial charge on any atom is 0.243 e. The Hall–Kier alpha value is -3.58. The molecule has 2 N–H and O–H groups in total. The van der Waals surface area contributed by atoms with E-state index in [0.717, 1.165) is 22.6 Å². The van der Waals surface area contributed by atoms with Crippen LogP contribution in [0.3, 0.4) is 0 Å². The van der Waals surface area contributed by atoms with Crippen molar-refractivity contribution in [1.29, 1.82) is 0 Å². The molecule has 0 aliphatic rings. The number of benzene rings is 2. The van der Waals surface area contributed by atoms with Crippen molar-refractivity contribution in [3.63, 3.8) is 0 Å². The first-order valence-electron chi connectivity index (χ1n) is 13.6. The molecule has 7 heteroatoms. The van der Waals surface area contributed by atoms with Crippen molar-refractivity contribution in [2.45, 2.75) is 78.2 Å². The Balaban J connectivity index is 1.72. The summed E-state index contributed by atoms with van der Waals surface area (Å²) >= 11 is 0. The number of hydrogen-bond acceptors (Lipinski definition) is 5. The van der Waals surface area contributed by atoms with Crippen LogP contribution in [0.4, 0.5) is 0 Å². The van der Waals surface area contributed by atoms with Gasteiger partial charge in [-0.05, 0) is 75.5 Å². The number of amides is 2. The molecule has 2 amide bonds. The quantitative estimate of drug-likeness (QED) is 0.310. The van der Waals surface area contributed by atoms with Crippen LogP contribution in [0.2, 0.25) is 0 Å². The van der Waals surface area contributed by atoms with E-state index in [1.165, 1.54) is 0 Å². The minimum Gasteiger partial charge on any atom is -0.489 e. The molecule has 2 atom stereocenters. The summed E-state index contributed by atoms with van der Waals surface area (Å²) in [5, 5.41) is 6.09. The van der Waals surface area contributed by atoms with E-state index in [1.54, 1.807) is 6.26 Å². The average Bonchev–Trinajstić information content (AvgIpc) is 3.39. The molecule has 0 spiro atoms. The average molecular weight is 534 g/mol. The summed E-state index contributed by atoms with van der Waals surface area (Å²) in [5.74, 6) is 1.45. The number of carbonyl (C=O) groups is 2. The van der Waals surface area contributed by atoms with Crippen LogP contribution in [0.15, 0.2) is 77.4 Å². The third kappa shape index (κ3) is 10.2. The summed E-state index contributed by atoms with van der Waals surface area (Å²) in [6, 6.07) is 20.3. The second-order valence-electron chi connectivity index (χ2n) is 11.6. The van der Waals surface area contributed by atoms with Crippen molar-refractivity contribution >= 4 is 11.8 Å². The van der Waals surface area contributed by atoms with Crippen molar-refractivity contribution in [3.05, 3.63) is 89.9 Å². The van der Waals surface area contributed by atoms with Gasteiger partial charge in [-0.15, -0.1) is 0 Å². The molecule has 0 bridgehead atoms. The third-order valence-electron chi connectivity index (χ3n) is 6.26. The third-order valence-corrected chi connectivity index (χ3v) is 6.26. The van der Waals surface area contributed by atoms with Gasteiger partial charge in [0.2, 0.25) is 11.8 Å². The van der Waals surface area contributed by atoms with Crippen LogP contribution in [-0.2, 0) is 29.2 Å². The standard InChI is InChI=1S/C32H43N3O4/c1-23(2)19-29(35(6)21-27-13-10-18-38-27)31(37)33-28(30(36)34-32(3,4)5)20-24-14-16-26(17-15-24)39-22-25-11-8-7-9-12-25/h7-18,23,28-29H,19-22H2,1-6H3,(H,33,37)(H,34,36)/t28-,29+/m0/s1. The SMILES string of the molecule is CC(C)C[C@H](C(=O)N[C@@H](Cc1ccc(OCc2ccccc2)cc1)C(=O)NC(C)(C)C)N(C)Cc1ccco1. The lowest BCUT2D eigenvalue weighted by molar-refractivity contribution is -0.133. The number of hydrogen-bond donors (Lipinski definition) is 2. The zero-order chi connectivity index (χ0) is 28.4. The molecule has 2 aromatic carbocycles. The fraction of sp³-hybridized carbons (Fsp3) is 0.438. The molecule has 0 radical (unpaired) electrons. The molecule has 0 saturated heterocycles. The molecule has 3 rings (SSSR count). The van der Waals surface area contributed by atoms with E-state index in [0.29, 0.717) is 31.9 Å². The summed E-state index contributed by atoms with van der Waals surface area (Å²) in [6.07, 6.45) is 2.65. The first-order valence-corrected chi connectivity index (χ1v) is 13.6. The summed E-state index contributed by atoms with van der Waals surface area (Å²) in [4.78, 5) is 28.9. The van der Waals surface area contributed by atoms with Gasteiger partial charge in [-0.3, -0.25) is 14.5 Å². The molecule has 7 nitrogen and oxygen atoms in total. The molecule has 1 aromatic heterocycles. The molecule has 0 aliphatic carbocycles. The van der Waals surface area contributed by atoms with Gasteiger partial charge in [-0.1, -0.05) is 56.3 Å². The largest absolute Gasteiger partial charge is 0.489 e. The van der Waals surface area contributed by atoms with Crippen LogP contribution >= 0.6 is 0 Å². The highest BCUT2D eigenvalue weighted by Crippen LogP contribution is 2.18. The van der Waals surface area contributed by atoms with Gasteiger partial charge >= 0.3 is 0 Å². The van der Waals surface area contributed by atoms with E-state index < -0.39 is 17.6 Å². The Morgan fingerprint density at radius 1 is 0.923 bits per heavy atom. The molecule has 0 saturated carbocycles. The van der Waals surface area contributed by atoms with E-state index >= 15 is 0 Å². The van der Waals surface area contributed by atoms with Gasteiger partial charge in [0.1, 0.15) is 24.2 Å². The molecule has 0 unspecified atom stereocenters. The van der Waals surface area contributed by atoms with Crippen molar-refractivity contribution < 1.29 is 18.7 Å². The normalized spacial score (nSPS) is 13.2. The Morgan fingerprint density at radius 3 is 2.21 bits per heavy atom. The molecule has 39 heavy (non-hydrogen) atoms. The Bertz CT molecular complexity index is 1150. The van der Waals surface area contributed by atoms with Gasteiger partial charge in [0.05, 0.1) is 18.8 Å². The minimum absolute atomic E-state index is 0.172. The maximum atomic E-state index is 13.6. The van der Waals surface area contributed by atoms with E-state index in [-0.39, 0.29) is 11.8 Å². The number of carbonyl (C=O) groups excluding carboxylic acids is 2. The highest BCUT2D eigenvalue weighted by atomic mass is 16.5. The Labute approximate surface area is 232 Å². The van der Waals surface area contributed by atoms with Crippen LogP contribution < -0.4 is 15.4 Å². The Kier molecular flexibility index (Phi) is 10.8. The second kappa shape index (κ2) is 14.0. The van der Waals surface area contributed by atoms with Crippen LogP contribution in [0, 0.1) is 5.92 Å². The monoisotopic (exact) mass is 533 g/mol. The van der Waals surface area contributed by atoms with Crippen LogP contribution in [0.5, 0.6) is 5.75 Å². The van der Waals surface area contributed by atoms with Crippen molar-refractivity contribution in [2.75, 3.05) is 7.05 Å². The van der Waals surface area contributed by atoms with Gasteiger partial charge < -0.3 is 19.8 Å². The topological polar surface area (TPSA) is 83.8 Å². The molecule has 210 valence electrons. The Morgan fingerprint density at radius 2 is 1.62 bits per heavy atom. The molecular formula is C32H43N3O4. The second-order valence-corrected chi connectivity index (χ2v) is 11.6. The minimum atomic E-state index is -0.723. The van der Waals surface area contributed by atoms with E-state index in [2.05, 4.69) is 24.5 Å². The summed E-state index contributed by atoms with van der Waals surface area (Å²) in [7, 11) is 1.91. The van der Waals surface area contributed by atoms with Gasteiger partial charge in [0, 0.05) is 12.0 Å². The molecular weight excluding hydrogens is 490 g/mol. The zero-order valence-corrected chi connectivity index (χ0v) is 24.1. The number of furan rings is 1. The number of ether oxygens (including phenoxy) is 1. The van der Waals surface area contributed by atoms with E-state index in [9.17, 15) is 9.59 Å². The summed E-state index contributed by atoms with van der Waals surface area (Å²) in [5.41, 5.74) is 1.60. The molecule has 0 fully saturated rings. The van der Waals surface area contributed by atoms with Crippen LogP contribution in [0.25, 0.3) is 0 Å². The predicted octanol–water partition coefficient (Wildman–Crippen LogP) is 5.35. The van der Waals surface area contributed by atoms with Gasteiger partial charge in [-0.25, -0.2) is 0 Å². The molecule has 1 heterocycles. The van der Waals surface area contributed by atoms with Crippen molar-refractivity contribution in [1.82, 2.24) is 15.5 Å². The van der Waals surface area contributed by atoms with Gasteiger partial charge in [-0.2, -0.15) is 0 Å².